The molecule has 2 aliphatic heterocycles. The Bertz CT molecular complexity index is 568. The molecule has 0 spiro atoms. The number of nitrogens with zero attached hydrogens (tertiary/aromatic N) is 2. The van der Waals surface area contributed by atoms with Gasteiger partial charge in [-0.05, 0) is 18.4 Å². The highest BCUT2D eigenvalue weighted by Crippen LogP contribution is 2.29. The van der Waals surface area contributed by atoms with Crippen LogP contribution in [0.5, 0.6) is 0 Å². The summed E-state index contributed by atoms with van der Waals surface area (Å²) in [7, 11) is 0. The first-order chi connectivity index (χ1) is 12.2. The number of carbonyl (C=O) groups excluding carboxylic acids is 2. The second-order valence-corrected chi connectivity index (χ2v) is 7.25. The minimum Gasteiger partial charge on any atom is -0.379 e. The molecule has 2 fully saturated rings. The lowest BCUT2D eigenvalue weighted by atomic mass is 10.1. The first-order valence-electron chi connectivity index (χ1n) is 8.69. The summed E-state index contributed by atoms with van der Waals surface area (Å²) >= 11 is 1.67. The zero-order chi connectivity index (χ0) is 17.6. The number of carbonyl (C=O) groups is 2. The maximum Gasteiger partial charge on any atom is 0.312 e. The zero-order valence-electron chi connectivity index (χ0n) is 14.5. The van der Waals surface area contributed by atoms with E-state index in [4.69, 9.17) is 9.47 Å². The smallest absolute Gasteiger partial charge is 0.312 e. The minimum absolute atomic E-state index is 0.0466. The van der Waals surface area contributed by atoms with Crippen molar-refractivity contribution in [1.82, 2.24) is 15.1 Å². The second kappa shape index (κ2) is 8.75. The van der Waals surface area contributed by atoms with Gasteiger partial charge in [-0.25, -0.2) is 0 Å². The van der Waals surface area contributed by atoms with Gasteiger partial charge in [-0.3, -0.25) is 14.5 Å². The van der Waals surface area contributed by atoms with Crippen LogP contribution in [0.15, 0.2) is 17.5 Å². The monoisotopic (exact) mass is 367 g/mol. The van der Waals surface area contributed by atoms with Crippen LogP contribution in [0.2, 0.25) is 0 Å². The highest BCUT2D eigenvalue weighted by Gasteiger charge is 2.32. The van der Waals surface area contributed by atoms with Crippen LogP contribution in [0.4, 0.5) is 0 Å². The average Bonchev–Trinajstić information content (AvgIpc) is 3.17. The lowest BCUT2D eigenvalue weighted by Crippen LogP contribution is -2.53. The number of rotatable bonds is 4. The van der Waals surface area contributed by atoms with Crippen LogP contribution in [-0.4, -0.2) is 80.3 Å². The molecule has 2 saturated heterocycles. The molecular weight excluding hydrogens is 342 g/mol. The van der Waals surface area contributed by atoms with Gasteiger partial charge in [-0.1, -0.05) is 6.07 Å². The Morgan fingerprint density at radius 1 is 1.12 bits per heavy atom. The van der Waals surface area contributed by atoms with E-state index in [2.05, 4.69) is 16.3 Å². The molecule has 138 valence electrons. The lowest BCUT2D eigenvalue weighted by molar-refractivity contribution is -0.149. The van der Waals surface area contributed by atoms with E-state index in [-0.39, 0.29) is 12.1 Å². The molecule has 2 amide bonds. The van der Waals surface area contributed by atoms with Crippen molar-refractivity contribution in [3.63, 3.8) is 0 Å². The Labute approximate surface area is 151 Å². The maximum atomic E-state index is 12.4. The molecule has 0 saturated carbocycles. The molecule has 25 heavy (non-hydrogen) atoms. The molecule has 2 atom stereocenters. The summed E-state index contributed by atoms with van der Waals surface area (Å²) in [5.41, 5.74) is 0. The molecule has 3 rings (SSSR count). The van der Waals surface area contributed by atoms with Crippen molar-refractivity contribution in [3.05, 3.63) is 22.4 Å². The van der Waals surface area contributed by atoms with Crippen molar-refractivity contribution in [2.75, 3.05) is 52.6 Å². The fraction of sp³-hybridized carbons (Fsp3) is 0.647. The molecule has 0 aromatic carbocycles. The molecule has 1 aromatic rings. The number of amides is 2. The van der Waals surface area contributed by atoms with Gasteiger partial charge in [0.15, 0.2) is 0 Å². The largest absolute Gasteiger partial charge is 0.379 e. The first-order valence-corrected chi connectivity index (χ1v) is 9.57. The third-order valence-corrected chi connectivity index (χ3v) is 5.54. The van der Waals surface area contributed by atoms with Gasteiger partial charge < -0.3 is 19.7 Å². The fourth-order valence-corrected chi connectivity index (χ4v) is 4.28. The number of hydrogen-bond acceptors (Lipinski definition) is 6. The molecule has 0 unspecified atom stereocenters. The Balaban J connectivity index is 1.66. The van der Waals surface area contributed by atoms with E-state index < -0.39 is 11.8 Å². The summed E-state index contributed by atoms with van der Waals surface area (Å²) in [5.74, 6) is -1.01. The van der Waals surface area contributed by atoms with E-state index >= 15 is 0 Å². The SMILES string of the molecule is C[C@@H](NC(=O)C(=O)N1CCOCC1)[C@H](c1cccs1)N1CCOCC1. The fourth-order valence-electron chi connectivity index (χ4n) is 3.32. The van der Waals surface area contributed by atoms with Gasteiger partial charge in [-0.2, -0.15) is 0 Å². The Morgan fingerprint density at radius 3 is 2.36 bits per heavy atom. The number of nitrogens with one attached hydrogen (secondary N) is 1. The Kier molecular flexibility index (Phi) is 6.41. The predicted octanol–water partition coefficient (Wildman–Crippen LogP) is 0.485. The second-order valence-electron chi connectivity index (χ2n) is 6.28. The Morgan fingerprint density at radius 2 is 1.76 bits per heavy atom. The van der Waals surface area contributed by atoms with Gasteiger partial charge >= 0.3 is 11.8 Å². The molecule has 1 N–H and O–H groups in total. The van der Waals surface area contributed by atoms with E-state index in [1.165, 1.54) is 4.88 Å². The lowest BCUT2D eigenvalue weighted by Gasteiger charge is -2.37. The third-order valence-electron chi connectivity index (χ3n) is 4.60. The van der Waals surface area contributed by atoms with Crippen LogP contribution in [0.1, 0.15) is 17.8 Å². The maximum absolute atomic E-state index is 12.4. The van der Waals surface area contributed by atoms with Crippen molar-refractivity contribution < 1.29 is 19.1 Å². The van der Waals surface area contributed by atoms with Gasteiger partial charge in [0.25, 0.3) is 0 Å². The molecule has 0 aliphatic carbocycles. The molecule has 0 bridgehead atoms. The highest BCUT2D eigenvalue weighted by molar-refractivity contribution is 7.10. The number of hydrogen-bond donors (Lipinski definition) is 1. The van der Waals surface area contributed by atoms with Crippen LogP contribution in [0.25, 0.3) is 0 Å². The van der Waals surface area contributed by atoms with Gasteiger partial charge in [0.05, 0.1) is 32.5 Å². The van der Waals surface area contributed by atoms with Crippen molar-refractivity contribution >= 4 is 23.2 Å². The summed E-state index contributed by atoms with van der Waals surface area (Å²) in [6.45, 7) is 6.90. The summed E-state index contributed by atoms with van der Waals surface area (Å²) < 4.78 is 10.7. The first kappa shape index (κ1) is 18.3. The van der Waals surface area contributed by atoms with Crippen LogP contribution in [0.3, 0.4) is 0 Å². The number of ether oxygens (including phenoxy) is 2. The third kappa shape index (κ3) is 4.58. The zero-order valence-corrected chi connectivity index (χ0v) is 15.3. The van der Waals surface area contributed by atoms with E-state index in [1.807, 2.05) is 18.4 Å². The van der Waals surface area contributed by atoms with Crippen molar-refractivity contribution in [2.45, 2.75) is 19.0 Å². The molecule has 7 nitrogen and oxygen atoms in total. The van der Waals surface area contributed by atoms with Crippen LogP contribution >= 0.6 is 11.3 Å². The van der Waals surface area contributed by atoms with Gasteiger partial charge in [0.1, 0.15) is 0 Å². The van der Waals surface area contributed by atoms with E-state index in [0.29, 0.717) is 39.5 Å². The van der Waals surface area contributed by atoms with Gasteiger partial charge in [0.2, 0.25) is 0 Å². The molecule has 2 aliphatic rings. The topological polar surface area (TPSA) is 71.1 Å². The summed E-state index contributed by atoms with van der Waals surface area (Å²) in [4.78, 5) is 29.8. The minimum atomic E-state index is -0.538. The molecule has 1 aromatic heterocycles. The molecule has 3 heterocycles. The highest BCUT2D eigenvalue weighted by atomic mass is 32.1. The summed E-state index contributed by atoms with van der Waals surface area (Å²) in [6.07, 6.45) is 0. The summed E-state index contributed by atoms with van der Waals surface area (Å²) in [6, 6.07) is 3.97. The van der Waals surface area contributed by atoms with Crippen molar-refractivity contribution in [3.8, 4) is 0 Å². The normalized spacial score (nSPS) is 21.6. The van der Waals surface area contributed by atoms with E-state index in [0.717, 1.165) is 13.1 Å². The molecule has 8 heteroatoms. The Hall–Kier alpha value is -1.48. The standard InChI is InChI=1S/C17H25N3O4S/c1-13(18-16(21)17(22)20-6-10-24-11-7-20)15(14-3-2-12-25-14)19-4-8-23-9-5-19/h2-3,12-13,15H,4-11H2,1H3,(H,18,21)/t13-,15-/m1/s1. The van der Waals surface area contributed by atoms with Crippen LogP contribution < -0.4 is 5.32 Å². The number of morpholine rings is 2. The van der Waals surface area contributed by atoms with E-state index in [1.54, 1.807) is 16.2 Å². The van der Waals surface area contributed by atoms with Crippen LogP contribution in [0, 0.1) is 0 Å². The average molecular weight is 367 g/mol. The molecule has 0 radical (unpaired) electrons. The van der Waals surface area contributed by atoms with Crippen molar-refractivity contribution in [2.24, 2.45) is 0 Å². The predicted molar refractivity (Wildman–Crippen MR) is 94.5 cm³/mol. The quantitative estimate of drug-likeness (QED) is 0.784. The van der Waals surface area contributed by atoms with Crippen molar-refractivity contribution in [1.29, 1.82) is 0 Å². The van der Waals surface area contributed by atoms with Crippen LogP contribution in [-0.2, 0) is 19.1 Å². The number of thiophene rings is 1. The van der Waals surface area contributed by atoms with Gasteiger partial charge in [0, 0.05) is 37.1 Å². The molecular formula is C17H25N3O4S. The van der Waals surface area contributed by atoms with Gasteiger partial charge in [-0.15, -0.1) is 11.3 Å². The summed E-state index contributed by atoms with van der Waals surface area (Å²) in [5, 5.41) is 4.95. The van der Waals surface area contributed by atoms with E-state index in [9.17, 15) is 9.59 Å².